The molecule has 0 saturated heterocycles. The molecule has 0 radical (unpaired) electrons. The maximum absolute atomic E-state index is 9.69. The number of rotatable bonds is 4. The number of halogens is 1. The van der Waals surface area contributed by atoms with E-state index in [2.05, 4.69) is 15.9 Å². The Labute approximate surface area is 71.3 Å². The molecule has 0 atom stereocenters. The first kappa shape index (κ1) is 10.2. The highest BCUT2D eigenvalue weighted by atomic mass is 79.9. The van der Waals surface area contributed by atoms with Gasteiger partial charge in [0, 0.05) is 0 Å². The van der Waals surface area contributed by atoms with Gasteiger partial charge < -0.3 is 5.11 Å². The van der Waals surface area contributed by atoms with E-state index in [0.29, 0.717) is 0 Å². The third-order valence-corrected chi connectivity index (χ3v) is 2.28. The zero-order valence-electron chi connectivity index (χ0n) is 6.60. The van der Waals surface area contributed by atoms with Crippen molar-refractivity contribution in [1.29, 1.82) is 0 Å². The van der Waals surface area contributed by atoms with Gasteiger partial charge in [0.1, 0.15) is 0 Å². The minimum Gasteiger partial charge on any atom is -0.390 e. The topological polar surface area (TPSA) is 20.2 Å². The van der Waals surface area contributed by atoms with Crippen LogP contribution in [0, 0.1) is 0 Å². The molecule has 0 aliphatic rings. The fourth-order valence-corrected chi connectivity index (χ4v) is 0.990. The summed E-state index contributed by atoms with van der Waals surface area (Å²) in [6.07, 6.45) is 4.32. The lowest BCUT2D eigenvalue weighted by Gasteiger charge is -2.22. The number of hydrogen-bond acceptors (Lipinski definition) is 1. The van der Waals surface area contributed by atoms with Crippen LogP contribution in [0.25, 0.3) is 0 Å². The summed E-state index contributed by atoms with van der Waals surface area (Å²) >= 11 is 3.17. The summed E-state index contributed by atoms with van der Waals surface area (Å²) in [6.45, 7) is 4.01. The van der Waals surface area contributed by atoms with Crippen molar-refractivity contribution in [2.45, 2.75) is 38.7 Å². The van der Waals surface area contributed by atoms with Gasteiger partial charge in [0.2, 0.25) is 0 Å². The fourth-order valence-electron chi connectivity index (χ4n) is 0.803. The van der Waals surface area contributed by atoms with Crippen LogP contribution in [0.15, 0.2) is 11.1 Å². The molecule has 1 N–H and O–H groups in total. The van der Waals surface area contributed by atoms with Gasteiger partial charge in [0.15, 0.2) is 0 Å². The van der Waals surface area contributed by atoms with Gasteiger partial charge in [0.05, 0.1) is 5.60 Å². The molecule has 0 spiro atoms. The van der Waals surface area contributed by atoms with Gasteiger partial charge in [-0.05, 0) is 24.2 Å². The molecule has 0 aliphatic heterocycles. The largest absolute Gasteiger partial charge is 0.390 e. The van der Waals surface area contributed by atoms with E-state index in [1.165, 1.54) is 0 Å². The van der Waals surface area contributed by atoms with E-state index in [-0.39, 0.29) is 0 Å². The van der Waals surface area contributed by atoms with E-state index in [1.54, 1.807) is 4.99 Å². The highest BCUT2D eigenvalue weighted by Gasteiger charge is 2.19. The lowest BCUT2D eigenvalue weighted by Crippen LogP contribution is -2.25. The molecule has 0 aliphatic carbocycles. The molecule has 2 heteroatoms. The Kier molecular flexibility index (Phi) is 5.00. The third kappa shape index (κ3) is 3.37. The summed E-state index contributed by atoms with van der Waals surface area (Å²) in [6, 6.07) is 0. The molecule has 0 bridgehead atoms. The highest BCUT2D eigenvalue weighted by molar-refractivity contribution is 9.11. The predicted octanol–water partition coefficient (Wildman–Crippen LogP) is 2.84. The Balaban J connectivity index is 3.80. The van der Waals surface area contributed by atoms with Gasteiger partial charge in [-0.3, -0.25) is 0 Å². The van der Waals surface area contributed by atoms with Crippen molar-refractivity contribution >= 4 is 15.9 Å². The molecule has 60 valence electrons. The average Bonchev–Trinajstić information content (AvgIpc) is 2.00. The van der Waals surface area contributed by atoms with Crippen LogP contribution in [-0.2, 0) is 0 Å². The first-order chi connectivity index (χ1) is 4.68. The van der Waals surface area contributed by atoms with Crippen LogP contribution in [0.5, 0.6) is 0 Å². The van der Waals surface area contributed by atoms with Gasteiger partial charge in [0.25, 0.3) is 0 Å². The molecule has 0 amide bonds. The molecule has 0 heterocycles. The lowest BCUT2D eigenvalue weighted by molar-refractivity contribution is 0.0354. The van der Waals surface area contributed by atoms with Crippen LogP contribution < -0.4 is 0 Å². The second-order valence-corrected chi connectivity index (χ2v) is 3.03. The molecule has 1 nitrogen and oxygen atoms in total. The Morgan fingerprint density at radius 2 is 1.90 bits per heavy atom. The van der Waals surface area contributed by atoms with E-state index in [9.17, 15) is 5.11 Å². The normalized spacial score (nSPS) is 12.8. The van der Waals surface area contributed by atoms with Crippen LogP contribution in [-0.4, -0.2) is 10.7 Å². The molecule has 0 saturated carbocycles. The summed E-state index contributed by atoms with van der Waals surface area (Å²) < 4.78 is 0. The van der Waals surface area contributed by atoms with Crippen molar-refractivity contribution in [3.05, 3.63) is 11.1 Å². The van der Waals surface area contributed by atoms with Crippen molar-refractivity contribution < 1.29 is 5.11 Å². The van der Waals surface area contributed by atoms with Crippen LogP contribution >= 0.6 is 15.9 Å². The quantitative estimate of drug-likeness (QED) is 0.751. The van der Waals surface area contributed by atoms with Crippen molar-refractivity contribution in [2.75, 3.05) is 0 Å². The SMILES string of the molecule is CCC(O)(CC)C/C=C/Br. The second kappa shape index (κ2) is 4.91. The maximum atomic E-state index is 9.69. The van der Waals surface area contributed by atoms with E-state index >= 15 is 0 Å². The van der Waals surface area contributed by atoms with Crippen LogP contribution in [0.2, 0.25) is 0 Å². The van der Waals surface area contributed by atoms with Crippen molar-refractivity contribution in [3.63, 3.8) is 0 Å². The summed E-state index contributed by atoms with van der Waals surface area (Å²) in [7, 11) is 0. The Morgan fingerprint density at radius 1 is 1.40 bits per heavy atom. The highest BCUT2D eigenvalue weighted by Crippen LogP contribution is 2.19. The first-order valence-electron chi connectivity index (χ1n) is 3.66. The minimum absolute atomic E-state index is 0.482. The van der Waals surface area contributed by atoms with E-state index in [0.717, 1.165) is 19.3 Å². The standard InChI is InChI=1S/C8H15BrO/c1-3-8(10,4-2)6-5-7-9/h5,7,10H,3-4,6H2,1-2H3/b7-5+. The van der Waals surface area contributed by atoms with Gasteiger partial charge in [-0.1, -0.05) is 35.9 Å². The molecular weight excluding hydrogens is 192 g/mol. The van der Waals surface area contributed by atoms with Gasteiger partial charge in [-0.25, -0.2) is 0 Å². The monoisotopic (exact) mass is 206 g/mol. The number of aliphatic hydroxyl groups is 1. The van der Waals surface area contributed by atoms with Gasteiger partial charge in [-0.2, -0.15) is 0 Å². The Hall–Kier alpha value is 0.180. The van der Waals surface area contributed by atoms with Crippen molar-refractivity contribution in [3.8, 4) is 0 Å². The van der Waals surface area contributed by atoms with Crippen LogP contribution in [0.1, 0.15) is 33.1 Å². The Bertz CT molecular complexity index is 106. The van der Waals surface area contributed by atoms with E-state index in [1.807, 2.05) is 19.9 Å². The summed E-state index contributed by atoms with van der Waals surface area (Å²) in [5.74, 6) is 0. The second-order valence-electron chi connectivity index (χ2n) is 2.50. The zero-order valence-corrected chi connectivity index (χ0v) is 8.19. The predicted molar refractivity (Wildman–Crippen MR) is 48.2 cm³/mol. The summed E-state index contributed by atoms with van der Waals surface area (Å²) in [4.78, 5) is 1.79. The van der Waals surface area contributed by atoms with Crippen molar-refractivity contribution in [2.24, 2.45) is 0 Å². The van der Waals surface area contributed by atoms with Crippen molar-refractivity contribution in [1.82, 2.24) is 0 Å². The summed E-state index contributed by atoms with van der Waals surface area (Å²) in [5, 5.41) is 9.69. The molecule has 10 heavy (non-hydrogen) atoms. The molecule has 0 aromatic carbocycles. The van der Waals surface area contributed by atoms with Gasteiger partial charge >= 0.3 is 0 Å². The van der Waals surface area contributed by atoms with Gasteiger partial charge in [-0.15, -0.1) is 0 Å². The molecule has 0 aromatic rings. The molecule has 0 rings (SSSR count). The number of hydrogen-bond donors (Lipinski definition) is 1. The minimum atomic E-state index is -0.482. The third-order valence-electron chi connectivity index (χ3n) is 1.90. The maximum Gasteiger partial charge on any atom is 0.0677 e. The molecular formula is C8H15BrO. The zero-order chi connectivity index (χ0) is 8.04. The summed E-state index contributed by atoms with van der Waals surface area (Å²) in [5.41, 5.74) is -0.482. The smallest absolute Gasteiger partial charge is 0.0677 e. The van der Waals surface area contributed by atoms with Crippen LogP contribution in [0.4, 0.5) is 0 Å². The first-order valence-corrected chi connectivity index (χ1v) is 4.57. The molecule has 0 aromatic heterocycles. The fraction of sp³-hybridized carbons (Fsp3) is 0.750. The molecule has 0 fully saturated rings. The van der Waals surface area contributed by atoms with E-state index in [4.69, 9.17) is 0 Å². The van der Waals surface area contributed by atoms with Crippen LogP contribution in [0.3, 0.4) is 0 Å². The average molecular weight is 207 g/mol. The Morgan fingerprint density at radius 3 is 2.20 bits per heavy atom. The lowest BCUT2D eigenvalue weighted by atomic mass is 9.94. The van der Waals surface area contributed by atoms with E-state index < -0.39 is 5.60 Å². The molecule has 0 unspecified atom stereocenters.